The van der Waals surface area contributed by atoms with E-state index in [1.165, 1.54) is 0 Å². The minimum absolute atomic E-state index is 0. The van der Waals surface area contributed by atoms with Crippen LogP contribution >= 0.6 is 0 Å². The Hall–Kier alpha value is 2.26. The molecule has 0 radical (unpaired) electrons. The van der Waals surface area contributed by atoms with Gasteiger partial charge in [-0.2, -0.15) is 0 Å². The van der Waals surface area contributed by atoms with E-state index >= 15 is 0 Å². The van der Waals surface area contributed by atoms with Crippen LogP contribution in [0.15, 0.2) is 0 Å². The molecule has 0 aliphatic rings. The molecule has 4 heteroatoms. The molecule has 18 valence electrons. The van der Waals surface area contributed by atoms with Crippen molar-refractivity contribution in [3.05, 3.63) is 0 Å². The first-order valence-corrected chi connectivity index (χ1v) is 0. The summed E-state index contributed by atoms with van der Waals surface area (Å²) >= 11 is 0. The quantitative estimate of drug-likeness (QED) is 0.509. The molecule has 0 fully saturated rings. The smallest absolute Gasteiger partial charge is 2.00 e. The second kappa shape index (κ2) is 18.7. The third kappa shape index (κ3) is 8.86. The van der Waals surface area contributed by atoms with Gasteiger partial charge in [0.15, 0.2) is 0 Å². The minimum atomic E-state index is 0. The molecule has 0 aromatic rings. The fourth-order valence-electron chi connectivity index (χ4n) is 0. The van der Waals surface area contributed by atoms with Crippen LogP contribution in [0.25, 0.3) is 0 Å². The normalized spacial score (nSPS) is 0. The minimum Gasteiger partial charge on any atom is -2.00 e. The van der Waals surface area contributed by atoms with Crippen molar-refractivity contribution >= 4 is 74.1 Å². The van der Waals surface area contributed by atoms with Crippen LogP contribution in [0.4, 0.5) is 0 Å². The van der Waals surface area contributed by atoms with E-state index in [2.05, 4.69) is 0 Å². The molecular formula is GaS2Tl. The van der Waals surface area contributed by atoms with E-state index in [4.69, 9.17) is 0 Å². The molecule has 0 aromatic heterocycles. The summed E-state index contributed by atoms with van der Waals surface area (Å²) in [6, 6.07) is 0. The summed E-state index contributed by atoms with van der Waals surface area (Å²) in [6.07, 6.45) is 0. The molecule has 0 rings (SSSR count). The van der Waals surface area contributed by atoms with E-state index in [9.17, 15) is 0 Å². The van der Waals surface area contributed by atoms with Crippen LogP contribution in [0.2, 0.25) is 0 Å². The maximum atomic E-state index is 0. The van der Waals surface area contributed by atoms with Crippen LogP contribution in [-0.2, 0) is 27.0 Å². The molecular weight excluding hydrogens is 338 g/mol. The molecule has 0 amide bonds. The van der Waals surface area contributed by atoms with Crippen molar-refractivity contribution in [2.75, 3.05) is 0 Å². The van der Waals surface area contributed by atoms with Crippen molar-refractivity contribution in [2.45, 2.75) is 0 Å². The van der Waals surface area contributed by atoms with Crippen molar-refractivity contribution < 1.29 is 0 Å². The van der Waals surface area contributed by atoms with Crippen LogP contribution in [0.3, 0.4) is 0 Å². The van der Waals surface area contributed by atoms with Gasteiger partial charge in [-0.3, -0.25) is 0 Å². The first kappa shape index (κ1) is 33.9. The van der Waals surface area contributed by atoms with E-state index in [0.29, 0.717) is 0 Å². The van der Waals surface area contributed by atoms with Gasteiger partial charge in [-0.1, -0.05) is 0 Å². The van der Waals surface area contributed by atoms with Crippen LogP contribution in [-0.4, -0.2) is 47.1 Å². The van der Waals surface area contributed by atoms with E-state index in [0.717, 1.165) is 0 Å². The summed E-state index contributed by atoms with van der Waals surface area (Å²) in [7, 11) is 0. The summed E-state index contributed by atoms with van der Waals surface area (Å²) in [4.78, 5) is 0. The van der Waals surface area contributed by atoms with Gasteiger partial charge in [0, 0.05) is 0 Å². The molecule has 0 bridgehead atoms. The van der Waals surface area contributed by atoms with Gasteiger partial charge in [-0.15, -0.1) is 0 Å². The summed E-state index contributed by atoms with van der Waals surface area (Å²) in [6.45, 7) is 0. The van der Waals surface area contributed by atoms with Gasteiger partial charge in [0.25, 0.3) is 0 Å². The Morgan fingerprint density at radius 1 is 0.750 bits per heavy atom. The van der Waals surface area contributed by atoms with E-state index in [1.54, 1.807) is 0 Å². The van der Waals surface area contributed by atoms with Crippen molar-refractivity contribution in [1.82, 2.24) is 0 Å². The molecule has 0 heterocycles. The van der Waals surface area contributed by atoms with Crippen molar-refractivity contribution in [3.63, 3.8) is 0 Å². The predicted octanol–water partition coefficient (Wildman–Crippen LogP) is -0.766. The topological polar surface area (TPSA) is 0 Å². The second-order valence-electron chi connectivity index (χ2n) is 0. The summed E-state index contributed by atoms with van der Waals surface area (Å²) in [5.41, 5.74) is 0. The Labute approximate surface area is 73.2 Å². The molecule has 0 nitrogen and oxygen atoms in total. The Kier molecular flexibility index (Phi) is 159. The fraction of sp³-hybridized carbons (Fsp3) is 0. The Morgan fingerprint density at radius 3 is 0.750 bits per heavy atom. The number of hydrogen-bond donors (Lipinski definition) is 0. The zero-order valence-corrected chi connectivity index (χ0v) is 10.5. The van der Waals surface area contributed by atoms with Crippen LogP contribution in [0, 0.1) is 0 Å². The van der Waals surface area contributed by atoms with Crippen molar-refractivity contribution in [3.8, 4) is 0 Å². The Balaban J connectivity index is 0. The summed E-state index contributed by atoms with van der Waals surface area (Å²) in [5.74, 6) is 0. The van der Waals surface area contributed by atoms with Crippen LogP contribution < -0.4 is 0 Å². The molecule has 0 N–H and O–H groups in total. The van der Waals surface area contributed by atoms with E-state index in [-0.39, 0.29) is 74.1 Å². The first-order valence-electron chi connectivity index (χ1n) is 0. The van der Waals surface area contributed by atoms with Crippen LogP contribution in [0.1, 0.15) is 0 Å². The average molecular weight is 338 g/mol. The van der Waals surface area contributed by atoms with Crippen LogP contribution in [0.5, 0.6) is 0 Å². The molecule has 4 heavy (non-hydrogen) atoms. The van der Waals surface area contributed by atoms with Gasteiger partial charge in [-0.25, -0.2) is 0 Å². The van der Waals surface area contributed by atoms with Crippen molar-refractivity contribution in [1.29, 1.82) is 0 Å². The monoisotopic (exact) mass is 338 g/mol. The Morgan fingerprint density at radius 2 is 0.750 bits per heavy atom. The van der Waals surface area contributed by atoms with Gasteiger partial charge in [-0.05, 0) is 0 Å². The van der Waals surface area contributed by atoms with Gasteiger partial charge in [0.05, 0.1) is 0 Å². The molecule has 0 aliphatic heterocycles. The molecule has 0 aromatic carbocycles. The molecule has 0 spiro atoms. The second-order valence-corrected chi connectivity index (χ2v) is 0. The standard InChI is InChI=1S/Ga.2S.Tl/q+3;2*-2;+1. The SMILES string of the molecule is [Ga+3].[S-2].[S-2].[Tl+]. The maximum absolute atomic E-state index is 0. The Bertz CT molecular complexity index is 6.00. The zero-order chi connectivity index (χ0) is 0. The largest absolute Gasteiger partial charge is 3.00 e. The van der Waals surface area contributed by atoms with E-state index in [1.807, 2.05) is 0 Å². The third-order valence-corrected chi connectivity index (χ3v) is 0. The third-order valence-electron chi connectivity index (χ3n) is 0. The molecule has 0 saturated heterocycles. The van der Waals surface area contributed by atoms with E-state index < -0.39 is 0 Å². The summed E-state index contributed by atoms with van der Waals surface area (Å²) in [5, 5.41) is 0. The maximum Gasteiger partial charge on any atom is 3.00 e. The summed E-state index contributed by atoms with van der Waals surface area (Å²) < 4.78 is 0. The number of hydrogen-bond acceptors (Lipinski definition) is 0. The van der Waals surface area contributed by atoms with Gasteiger partial charge < -0.3 is 27.0 Å². The van der Waals surface area contributed by atoms with Gasteiger partial charge >= 0.3 is 47.1 Å². The average Bonchev–Trinajstić information content (AvgIpc) is 0. The zero-order valence-electron chi connectivity index (χ0n) is 1.97. The fourth-order valence-corrected chi connectivity index (χ4v) is 0. The molecule has 0 aliphatic carbocycles. The predicted molar refractivity (Wildman–Crippen MR) is 26.2 cm³/mol. The van der Waals surface area contributed by atoms with Gasteiger partial charge in [0.2, 0.25) is 0 Å². The number of rotatable bonds is 0. The first-order chi connectivity index (χ1) is 0. The molecule has 0 unspecified atom stereocenters. The molecule has 0 saturated carbocycles. The molecule has 0 atom stereocenters. The van der Waals surface area contributed by atoms with Crippen molar-refractivity contribution in [2.24, 2.45) is 0 Å². The van der Waals surface area contributed by atoms with Gasteiger partial charge in [0.1, 0.15) is 0 Å².